The zero-order valence-corrected chi connectivity index (χ0v) is 17.5. The van der Waals surface area contributed by atoms with Crippen LogP contribution in [0.4, 0.5) is 8.78 Å². The average molecular weight is 422 g/mol. The van der Waals surface area contributed by atoms with Crippen LogP contribution in [0.2, 0.25) is 0 Å². The van der Waals surface area contributed by atoms with Gasteiger partial charge >= 0.3 is 0 Å². The van der Waals surface area contributed by atoms with Crippen molar-refractivity contribution in [2.45, 2.75) is 64.5 Å². The average Bonchev–Trinajstić information content (AvgIpc) is 3.07. The Morgan fingerprint density at radius 2 is 2.10 bits per heavy atom. The van der Waals surface area contributed by atoms with Gasteiger partial charge in [0.25, 0.3) is 12.3 Å². The zero-order chi connectivity index (χ0) is 21.9. The summed E-state index contributed by atoms with van der Waals surface area (Å²) in [4.78, 5) is 19.5. The number of oxazole rings is 1. The van der Waals surface area contributed by atoms with Crippen LogP contribution >= 0.6 is 0 Å². The minimum absolute atomic E-state index is 0.137. The molecule has 1 amide bonds. The van der Waals surface area contributed by atoms with Gasteiger partial charge in [0.15, 0.2) is 5.89 Å². The fourth-order valence-electron chi connectivity index (χ4n) is 3.86. The van der Waals surface area contributed by atoms with Gasteiger partial charge in [-0.25, -0.2) is 13.8 Å². The van der Waals surface area contributed by atoms with Gasteiger partial charge in [-0.05, 0) is 52.2 Å². The second-order valence-electron chi connectivity index (χ2n) is 8.12. The fraction of sp³-hybridized carbons (Fsp3) is 0.545. The first-order chi connectivity index (χ1) is 14.2. The molecule has 1 atom stereocenters. The summed E-state index contributed by atoms with van der Waals surface area (Å²) in [7, 11) is 0. The monoisotopic (exact) mass is 422 g/mol. The van der Waals surface area contributed by atoms with E-state index < -0.39 is 18.6 Å². The number of para-hydroxylation sites is 1. The highest BCUT2D eigenvalue weighted by molar-refractivity contribution is 5.97. The van der Waals surface area contributed by atoms with E-state index >= 15 is 0 Å². The molecule has 164 valence electrons. The zero-order valence-electron chi connectivity index (χ0n) is 17.5. The lowest BCUT2D eigenvalue weighted by Gasteiger charge is -2.35. The SMILES string of the molecule is Cc1oc(C[C@H]2CCCCN2C(=O)c2ccccc2OCC(F)F)nc1C(C)(C)O. The largest absolute Gasteiger partial charge is 0.487 e. The van der Waals surface area contributed by atoms with E-state index in [4.69, 9.17) is 9.15 Å². The van der Waals surface area contributed by atoms with Crippen LogP contribution in [0, 0.1) is 6.92 Å². The van der Waals surface area contributed by atoms with Crippen molar-refractivity contribution in [3.8, 4) is 5.75 Å². The van der Waals surface area contributed by atoms with E-state index in [-0.39, 0.29) is 23.3 Å². The predicted molar refractivity (Wildman–Crippen MR) is 107 cm³/mol. The fourth-order valence-corrected chi connectivity index (χ4v) is 3.86. The molecule has 3 rings (SSSR count). The third-order valence-electron chi connectivity index (χ3n) is 5.20. The molecule has 0 saturated carbocycles. The summed E-state index contributed by atoms with van der Waals surface area (Å²) in [5.41, 5.74) is -0.364. The molecule has 1 aromatic heterocycles. The topological polar surface area (TPSA) is 75.8 Å². The summed E-state index contributed by atoms with van der Waals surface area (Å²) >= 11 is 0. The van der Waals surface area contributed by atoms with E-state index in [1.807, 2.05) is 0 Å². The lowest BCUT2D eigenvalue weighted by Crippen LogP contribution is -2.45. The number of aryl methyl sites for hydroxylation is 1. The van der Waals surface area contributed by atoms with E-state index in [1.54, 1.807) is 43.9 Å². The lowest BCUT2D eigenvalue weighted by molar-refractivity contribution is 0.0583. The number of amides is 1. The van der Waals surface area contributed by atoms with Crippen molar-refractivity contribution >= 4 is 5.91 Å². The van der Waals surface area contributed by atoms with Crippen LogP contribution in [0.5, 0.6) is 5.75 Å². The van der Waals surface area contributed by atoms with E-state index in [0.29, 0.717) is 30.3 Å². The molecule has 0 radical (unpaired) electrons. The van der Waals surface area contributed by atoms with Gasteiger partial charge in [0.05, 0.1) is 5.56 Å². The second-order valence-corrected chi connectivity index (χ2v) is 8.12. The van der Waals surface area contributed by atoms with Gasteiger partial charge < -0.3 is 19.2 Å². The number of hydrogen-bond donors (Lipinski definition) is 1. The molecule has 0 aliphatic carbocycles. The van der Waals surface area contributed by atoms with Gasteiger partial charge in [0.2, 0.25) is 0 Å². The number of rotatable bonds is 7. The van der Waals surface area contributed by atoms with Crippen molar-refractivity contribution in [2.75, 3.05) is 13.2 Å². The first-order valence-electron chi connectivity index (χ1n) is 10.2. The van der Waals surface area contributed by atoms with Crippen LogP contribution < -0.4 is 4.74 Å². The van der Waals surface area contributed by atoms with E-state index in [0.717, 1.165) is 19.3 Å². The first kappa shape index (κ1) is 22.2. The summed E-state index contributed by atoms with van der Waals surface area (Å²) < 4.78 is 36.1. The van der Waals surface area contributed by atoms with E-state index in [9.17, 15) is 18.7 Å². The highest BCUT2D eigenvalue weighted by atomic mass is 19.3. The Labute approximate surface area is 174 Å². The molecule has 1 N–H and O–H groups in total. The molecule has 1 aromatic carbocycles. The molecular weight excluding hydrogens is 394 g/mol. The number of piperidine rings is 1. The summed E-state index contributed by atoms with van der Waals surface area (Å²) in [5, 5.41) is 10.2. The number of halogens is 2. The molecular formula is C22H28F2N2O4. The van der Waals surface area contributed by atoms with Gasteiger partial charge in [-0.3, -0.25) is 4.79 Å². The second kappa shape index (κ2) is 9.12. The predicted octanol–water partition coefficient (Wildman–Crippen LogP) is 4.09. The standard InChI is InChI=1S/C22H28F2N2O4/c1-14-20(22(2,3)28)25-19(30-14)12-15-8-6-7-11-26(15)21(27)16-9-4-5-10-17(16)29-13-18(23)24/h4-5,9-10,15,18,28H,6-8,11-13H2,1-3H3/t15-/m1/s1. The maximum Gasteiger partial charge on any atom is 0.272 e. The number of aromatic nitrogens is 1. The Morgan fingerprint density at radius 3 is 2.77 bits per heavy atom. The van der Waals surface area contributed by atoms with Crippen LogP contribution in [-0.4, -0.2) is 46.5 Å². The maximum atomic E-state index is 13.3. The van der Waals surface area contributed by atoms with Crippen molar-refractivity contribution in [3.05, 3.63) is 47.2 Å². The lowest BCUT2D eigenvalue weighted by atomic mass is 9.98. The number of ether oxygens (including phenoxy) is 1. The third-order valence-corrected chi connectivity index (χ3v) is 5.20. The summed E-state index contributed by atoms with van der Waals surface area (Å²) in [5.74, 6) is 0.924. The smallest absolute Gasteiger partial charge is 0.272 e. The Bertz CT molecular complexity index is 876. The number of likely N-dealkylation sites (tertiary alicyclic amines) is 1. The van der Waals surface area contributed by atoms with Crippen molar-refractivity contribution < 1.29 is 27.8 Å². The number of alkyl halides is 2. The summed E-state index contributed by atoms with van der Waals surface area (Å²) in [6.07, 6.45) is 0.417. The minimum atomic E-state index is -2.62. The van der Waals surface area contributed by atoms with Gasteiger partial charge in [-0.1, -0.05) is 12.1 Å². The van der Waals surface area contributed by atoms with Crippen LogP contribution in [0.1, 0.15) is 60.8 Å². The molecule has 1 aliphatic heterocycles. The first-order valence-corrected chi connectivity index (χ1v) is 10.2. The van der Waals surface area contributed by atoms with Crippen LogP contribution in [-0.2, 0) is 12.0 Å². The van der Waals surface area contributed by atoms with E-state index in [2.05, 4.69) is 4.98 Å². The van der Waals surface area contributed by atoms with Gasteiger partial charge in [-0.15, -0.1) is 0 Å². The molecule has 1 saturated heterocycles. The molecule has 30 heavy (non-hydrogen) atoms. The number of nitrogens with zero attached hydrogens (tertiary/aromatic N) is 2. The van der Waals surface area contributed by atoms with Gasteiger partial charge in [0, 0.05) is 19.0 Å². The highest BCUT2D eigenvalue weighted by Gasteiger charge is 2.32. The van der Waals surface area contributed by atoms with Crippen molar-refractivity contribution in [1.29, 1.82) is 0 Å². The minimum Gasteiger partial charge on any atom is -0.487 e. The molecule has 8 heteroatoms. The Kier molecular flexibility index (Phi) is 6.75. The van der Waals surface area contributed by atoms with Crippen molar-refractivity contribution in [2.24, 2.45) is 0 Å². The van der Waals surface area contributed by atoms with Gasteiger partial charge in [0.1, 0.15) is 29.4 Å². The van der Waals surface area contributed by atoms with Crippen LogP contribution in [0.15, 0.2) is 28.7 Å². The molecule has 2 heterocycles. The number of carbonyl (C=O) groups is 1. The third kappa shape index (κ3) is 5.16. The van der Waals surface area contributed by atoms with Crippen LogP contribution in [0.3, 0.4) is 0 Å². The summed E-state index contributed by atoms with van der Waals surface area (Å²) in [6.45, 7) is 4.85. The Morgan fingerprint density at radius 1 is 1.37 bits per heavy atom. The highest BCUT2D eigenvalue weighted by Crippen LogP contribution is 2.29. The van der Waals surface area contributed by atoms with E-state index in [1.165, 1.54) is 6.07 Å². The molecule has 0 spiro atoms. The molecule has 1 aliphatic rings. The number of carbonyl (C=O) groups excluding carboxylic acids is 1. The van der Waals surface area contributed by atoms with Crippen molar-refractivity contribution in [1.82, 2.24) is 9.88 Å². The molecule has 2 aromatic rings. The summed E-state index contributed by atoms with van der Waals surface area (Å²) in [6, 6.07) is 6.33. The molecule has 1 fully saturated rings. The molecule has 0 unspecified atom stereocenters. The normalized spacial score (nSPS) is 17.4. The maximum absolute atomic E-state index is 13.3. The molecule has 6 nitrogen and oxygen atoms in total. The number of aliphatic hydroxyl groups is 1. The van der Waals surface area contributed by atoms with Gasteiger partial charge in [-0.2, -0.15) is 0 Å². The van der Waals surface area contributed by atoms with Crippen molar-refractivity contribution in [3.63, 3.8) is 0 Å². The number of hydrogen-bond acceptors (Lipinski definition) is 5. The van der Waals surface area contributed by atoms with Crippen LogP contribution in [0.25, 0.3) is 0 Å². The molecule has 0 bridgehead atoms. The quantitative estimate of drug-likeness (QED) is 0.727. The Balaban J connectivity index is 1.80. The Hall–Kier alpha value is -2.48. The number of benzene rings is 1.